The number of nitrogens with zero attached hydrogens (tertiary/aromatic N) is 2. The fourth-order valence-electron chi connectivity index (χ4n) is 2.80. The van der Waals surface area contributed by atoms with Gasteiger partial charge in [-0.1, -0.05) is 19.1 Å². The van der Waals surface area contributed by atoms with Gasteiger partial charge < -0.3 is 14.5 Å². The van der Waals surface area contributed by atoms with Crippen molar-refractivity contribution >= 4 is 23.2 Å². The van der Waals surface area contributed by atoms with Crippen LogP contribution in [-0.2, 0) is 11.2 Å². The van der Waals surface area contributed by atoms with Crippen molar-refractivity contribution in [1.82, 2.24) is 15.4 Å². The molecule has 2 aromatic carbocycles. The van der Waals surface area contributed by atoms with E-state index in [9.17, 15) is 9.59 Å². The monoisotopic (exact) mass is 408 g/mol. The van der Waals surface area contributed by atoms with Gasteiger partial charge in [0.05, 0.1) is 31.0 Å². The Labute approximate surface area is 173 Å². The van der Waals surface area contributed by atoms with Gasteiger partial charge in [0.25, 0.3) is 5.56 Å². The summed E-state index contributed by atoms with van der Waals surface area (Å²) in [4.78, 5) is 31.3. The fraction of sp³-hybridized carbons (Fsp3) is 0.273. The Morgan fingerprint density at radius 1 is 1.23 bits per heavy atom. The van der Waals surface area contributed by atoms with E-state index in [4.69, 9.17) is 9.47 Å². The molecule has 3 rings (SSSR count). The molecular weight excluding hydrogens is 384 g/mol. The molecule has 1 aromatic heterocycles. The molecule has 0 aliphatic carbocycles. The minimum atomic E-state index is -0.309. The lowest BCUT2D eigenvalue weighted by Gasteiger charge is -2.10. The number of para-hydroxylation sites is 2. The van der Waals surface area contributed by atoms with Crippen molar-refractivity contribution in [3.05, 3.63) is 64.1 Å². The van der Waals surface area contributed by atoms with E-state index in [1.165, 1.54) is 6.21 Å². The Morgan fingerprint density at radius 2 is 2.07 bits per heavy atom. The number of fused-ring (bicyclic) bond motifs is 1. The first-order valence-corrected chi connectivity index (χ1v) is 9.71. The first-order chi connectivity index (χ1) is 14.6. The third kappa shape index (κ3) is 5.44. The summed E-state index contributed by atoms with van der Waals surface area (Å²) in [6.45, 7) is 2.60. The number of aryl methyl sites for hydroxylation is 1. The number of nitrogens with one attached hydrogen (secondary N) is 2. The molecule has 0 aliphatic heterocycles. The number of hydrazone groups is 1. The molecule has 8 nitrogen and oxygen atoms in total. The van der Waals surface area contributed by atoms with Crippen LogP contribution in [0.15, 0.2) is 52.4 Å². The van der Waals surface area contributed by atoms with E-state index >= 15 is 0 Å². The predicted octanol–water partition coefficient (Wildman–Crippen LogP) is 2.80. The molecule has 0 saturated carbocycles. The lowest BCUT2D eigenvalue weighted by molar-refractivity contribution is -0.121. The van der Waals surface area contributed by atoms with Gasteiger partial charge in [-0.05, 0) is 42.3 Å². The summed E-state index contributed by atoms with van der Waals surface area (Å²) in [6, 6.07) is 12.7. The molecule has 0 saturated heterocycles. The number of carbonyl (C=O) groups is 1. The van der Waals surface area contributed by atoms with Crippen LogP contribution in [0.25, 0.3) is 11.0 Å². The van der Waals surface area contributed by atoms with Gasteiger partial charge in [-0.25, -0.2) is 10.4 Å². The van der Waals surface area contributed by atoms with Crippen molar-refractivity contribution in [2.45, 2.75) is 26.2 Å². The van der Waals surface area contributed by atoms with Crippen molar-refractivity contribution in [3.8, 4) is 11.5 Å². The number of hydrogen-bond acceptors (Lipinski definition) is 6. The van der Waals surface area contributed by atoms with Crippen LogP contribution in [0.1, 0.15) is 31.0 Å². The van der Waals surface area contributed by atoms with Crippen LogP contribution >= 0.6 is 0 Å². The molecule has 2 N–H and O–H groups in total. The molecule has 0 spiro atoms. The first-order valence-electron chi connectivity index (χ1n) is 9.71. The second-order valence-corrected chi connectivity index (χ2v) is 6.58. The summed E-state index contributed by atoms with van der Waals surface area (Å²) in [6.07, 6.45) is 2.72. The van der Waals surface area contributed by atoms with Gasteiger partial charge >= 0.3 is 0 Å². The molecule has 8 heteroatoms. The van der Waals surface area contributed by atoms with Gasteiger partial charge in [0.15, 0.2) is 11.5 Å². The summed E-state index contributed by atoms with van der Waals surface area (Å²) in [5.41, 5.74) is 4.61. The number of aromatic amines is 1. The summed E-state index contributed by atoms with van der Waals surface area (Å²) >= 11 is 0. The third-order valence-electron chi connectivity index (χ3n) is 4.31. The number of aromatic nitrogens is 2. The van der Waals surface area contributed by atoms with Crippen molar-refractivity contribution in [2.24, 2.45) is 5.10 Å². The number of benzene rings is 2. The lowest BCUT2D eigenvalue weighted by Crippen LogP contribution is -2.21. The SMILES string of the molecule is CCCOc1cc(/C=N\NC(=O)CCc2nc3ccccc3[nH]c2=O)ccc1OC. The van der Waals surface area contributed by atoms with Crippen LogP contribution in [-0.4, -0.2) is 35.8 Å². The molecule has 0 bridgehead atoms. The standard InChI is InChI=1S/C22H24N4O4/c1-3-12-30-20-13-15(8-10-19(20)29-2)14-23-26-21(27)11-9-18-22(28)25-17-7-5-4-6-16(17)24-18/h4-8,10,13-14H,3,9,11-12H2,1-2H3,(H,25,28)(H,26,27)/b23-14-. The van der Waals surface area contributed by atoms with E-state index in [0.29, 0.717) is 34.8 Å². The topological polar surface area (TPSA) is 106 Å². The van der Waals surface area contributed by atoms with E-state index in [1.54, 1.807) is 25.3 Å². The van der Waals surface area contributed by atoms with Gasteiger partial charge in [0, 0.05) is 12.8 Å². The largest absolute Gasteiger partial charge is 0.493 e. The molecule has 1 amide bonds. The molecule has 1 heterocycles. The molecule has 156 valence electrons. The summed E-state index contributed by atoms with van der Waals surface area (Å²) in [5.74, 6) is 0.950. The summed E-state index contributed by atoms with van der Waals surface area (Å²) in [7, 11) is 1.58. The van der Waals surface area contributed by atoms with Crippen LogP contribution in [0, 0.1) is 0 Å². The lowest BCUT2D eigenvalue weighted by atomic mass is 10.2. The van der Waals surface area contributed by atoms with Crippen LogP contribution in [0.4, 0.5) is 0 Å². The zero-order chi connectivity index (χ0) is 21.3. The van der Waals surface area contributed by atoms with Crippen LogP contribution in [0.5, 0.6) is 11.5 Å². The van der Waals surface area contributed by atoms with Crippen molar-refractivity contribution in [2.75, 3.05) is 13.7 Å². The van der Waals surface area contributed by atoms with Crippen LogP contribution in [0.3, 0.4) is 0 Å². The second-order valence-electron chi connectivity index (χ2n) is 6.58. The molecular formula is C22H24N4O4. The molecule has 0 atom stereocenters. The summed E-state index contributed by atoms with van der Waals surface area (Å²) < 4.78 is 10.9. The second kappa shape index (κ2) is 10.2. The molecule has 0 radical (unpaired) electrons. The van der Waals surface area contributed by atoms with E-state index in [1.807, 2.05) is 31.2 Å². The fourth-order valence-corrected chi connectivity index (χ4v) is 2.80. The smallest absolute Gasteiger partial charge is 0.270 e. The van der Waals surface area contributed by atoms with Gasteiger partial charge in [-0.3, -0.25) is 9.59 Å². The number of ether oxygens (including phenoxy) is 2. The Balaban J connectivity index is 1.57. The van der Waals surface area contributed by atoms with E-state index in [-0.39, 0.29) is 24.3 Å². The molecule has 0 fully saturated rings. The van der Waals surface area contributed by atoms with Crippen molar-refractivity contribution in [1.29, 1.82) is 0 Å². The Hall–Kier alpha value is -3.68. The van der Waals surface area contributed by atoms with E-state index in [0.717, 1.165) is 12.0 Å². The maximum atomic E-state index is 12.1. The average molecular weight is 408 g/mol. The Morgan fingerprint density at radius 3 is 2.87 bits per heavy atom. The van der Waals surface area contributed by atoms with Gasteiger partial charge in [0.2, 0.25) is 5.91 Å². The Kier molecular flexibility index (Phi) is 7.15. The number of carbonyl (C=O) groups excluding carboxylic acids is 1. The Bertz CT molecular complexity index is 1110. The van der Waals surface area contributed by atoms with Gasteiger partial charge in [-0.2, -0.15) is 5.10 Å². The normalized spacial score (nSPS) is 11.0. The molecule has 0 unspecified atom stereocenters. The minimum absolute atomic E-state index is 0.0965. The van der Waals surface area contributed by atoms with Crippen LogP contribution in [0.2, 0.25) is 0 Å². The van der Waals surface area contributed by atoms with Crippen LogP contribution < -0.4 is 20.5 Å². The highest BCUT2D eigenvalue weighted by Gasteiger charge is 2.08. The van der Waals surface area contributed by atoms with Gasteiger partial charge in [0.1, 0.15) is 5.69 Å². The quantitative estimate of drug-likeness (QED) is 0.418. The predicted molar refractivity (Wildman–Crippen MR) is 115 cm³/mol. The molecule has 0 aliphatic rings. The minimum Gasteiger partial charge on any atom is -0.493 e. The average Bonchev–Trinajstić information content (AvgIpc) is 2.76. The highest BCUT2D eigenvalue weighted by atomic mass is 16.5. The van der Waals surface area contributed by atoms with E-state index in [2.05, 4.69) is 20.5 Å². The molecule has 30 heavy (non-hydrogen) atoms. The number of hydrogen-bond donors (Lipinski definition) is 2. The number of methoxy groups -OCH3 is 1. The maximum Gasteiger partial charge on any atom is 0.270 e. The van der Waals surface area contributed by atoms with Gasteiger partial charge in [-0.15, -0.1) is 0 Å². The number of H-pyrrole nitrogens is 1. The number of amides is 1. The third-order valence-corrected chi connectivity index (χ3v) is 4.31. The first kappa shape index (κ1) is 21.0. The summed E-state index contributed by atoms with van der Waals surface area (Å²) in [5, 5.41) is 3.98. The number of rotatable bonds is 9. The highest BCUT2D eigenvalue weighted by molar-refractivity contribution is 5.83. The zero-order valence-corrected chi connectivity index (χ0v) is 17.0. The molecule has 3 aromatic rings. The maximum absolute atomic E-state index is 12.1. The van der Waals surface area contributed by atoms with Crippen molar-refractivity contribution in [3.63, 3.8) is 0 Å². The van der Waals surface area contributed by atoms with Crippen molar-refractivity contribution < 1.29 is 14.3 Å². The van der Waals surface area contributed by atoms with E-state index < -0.39 is 0 Å². The highest BCUT2D eigenvalue weighted by Crippen LogP contribution is 2.27. The zero-order valence-electron chi connectivity index (χ0n) is 17.0.